The molecule has 3 aromatic rings. The number of aryl methyl sites for hydroxylation is 1. The van der Waals surface area contributed by atoms with Gasteiger partial charge in [0.15, 0.2) is 0 Å². The summed E-state index contributed by atoms with van der Waals surface area (Å²) in [6, 6.07) is 25.0. The van der Waals surface area contributed by atoms with Crippen molar-refractivity contribution in [3.8, 4) is 11.5 Å². The Bertz CT molecular complexity index is 805. The molecule has 0 fully saturated rings. The van der Waals surface area contributed by atoms with Crippen LogP contribution in [0, 0.1) is 6.92 Å². The van der Waals surface area contributed by atoms with E-state index >= 15 is 0 Å². The highest BCUT2D eigenvalue weighted by molar-refractivity contribution is 7.49. The average Bonchev–Trinajstić information content (AvgIpc) is 2.65. The minimum atomic E-state index is -4.03. The Hall–Kier alpha value is -2.59. The predicted molar refractivity (Wildman–Crippen MR) is 98.8 cm³/mol. The molecular formula is C20H19O5P. The lowest BCUT2D eigenvalue weighted by molar-refractivity contribution is -0.229. The van der Waals surface area contributed by atoms with E-state index in [0.717, 1.165) is 11.1 Å². The molecule has 0 amide bonds. The van der Waals surface area contributed by atoms with Gasteiger partial charge in [0.05, 0.1) is 0 Å². The van der Waals surface area contributed by atoms with Crippen molar-refractivity contribution in [3.05, 3.63) is 96.1 Å². The molecule has 0 aliphatic heterocycles. The largest absolute Gasteiger partial charge is 0.615 e. The van der Waals surface area contributed by atoms with E-state index in [0.29, 0.717) is 11.5 Å². The van der Waals surface area contributed by atoms with Crippen LogP contribution in [0.2, 0.25) is 0 Å². The van der Waals surface area contributed by atoms with Crippen LogP contribution in [0.3, 0.4) is 0 Å². The Morgan fingerprint density at radius 1 is 0.731 bits per heavy atom. The molecule has 3 aromatic carbocycles. The van der Waals surface area contributed by atoms with Gasteiger partial charge < -0.3 is 9.05 Å². The van der Waals surface area contributed by atoms with Crippen molar-refractivity contribution in [1.82, 2.24) is 0 Å². The van der Waals surface area contributed by atoms with Crippen LogP contribution in [-0.4, -0.2) is 0 Å². The second-order valence-corrected chi connectivity index (χ2v) is 6.99. The van der Waals surface area contributed by atoms with E-state index in [4.69, 9.17) is 18.6 Å². The maximum Gasteiger partial charge on any atom is 0.615 e. The molecule has 0 aromatic heterocycles. The summed E-state index contributed by atoms with van der Waals surface area (Å²) < 4.78 is 29.0. The highest BCUT2D eigenvalue weighted by Gasteiger charge is 2.33. The monoisotopic (exact) mass is 370 g/mol. The molecule has 6 heteroatoms. The lowest BCUT2D eigenvalue weighted by atomic mass is 10.2. The summed E-state index contributed by atoms with van der Waals surface area (Å²) in [6.45, 7) is 2.11. The summed E-state index contributed by atoms with van der Waals surface area (Å²) in [4.78, 5) is 5.16. The van der Waals surface area contributed by atoms with Crippen LogP contribution in [0.15, 0.2) is 84.9 Å². The molecule has 0 aliphatic carbocycles. The number of para-hydroxylation sites is 2. The zero-order valence-electron chi connectivity index (χ0n) is 14.3. The Morgan fingerprint density at radius 2 is 1.23 bits per heavy atom. The first-order valence-corrected chi connectivity index (χ1v) is 9.55. The van der Waals surface area contributed by atoms with E-state index in [1.807, 2.05) is 43.3 Å². The number of phosphoric ester groups is 1. The molecule has 5 nitrogen and oxygen atoms in total. The van der Waals surface area contributed by atoms with Crippen LogP contribution in [0.25, 0.3) is 0 Å². The van der Waals surface area contributed by atoms with E-state index in [1.54, 1.807) is 48.5 Å². The molecule has 0 unspecified atom stereocenters. The third kappa shape index (κ3) is 5.46. The van der Waals surface area contributed by atoms with Crippen LogP contribution in [0.4, 0.5) is 0 Å². The summed E-state index contributed by atoms with van der Waals surface area (Å²) >= 11 is 0. The van der Waals surface area contributed by atoms with Gasteiger partial charge in [-0.25, -0.2) is 9.45 Å². The molecule has 0 saturated carbocycles. The molecule has 0 spiro atoms. The van der Waals surface area contributed by atoms with Gasteiger partial charge in [-0.15, -0.1) is 4.67 Å². The molecule has 0 heterocycles. The Kier molecular flexibility index (Phi) is 6.08. The lowest BCUT2D eigenvalue weighted by Gasteiger charge is -2.18. The standard InChI is InChI=1S/C20H19O5P/c1-17-12-14-18(15-13-17)16-22-25-26(21,23-19-8-4-2-5-9-19)24-20-10-6-3-7-11-20/h2-15H,16H2,1H3. The fourth-order valence-electron chi connectivity index (χ4n) is 2.11. The minimum Gasteiger partial charge on any atom is -0.394 e. The van der Waals surface area contributed by atoms with Gasteiger partial charge in [0.1, 0.15) is 18.1 Å². The van der Waals surface area contributed by atoms with Gasteiger partial charge in [-0.3, -0.25) is 0 Å². The highest BCUT2D eigenvalue weighted by atomic mass is 31.2. The molecule has 26 heavy (non-hydrogen) atoms. The summed E-state index contributed by atoms with van der Waals surface area (Å²) in [7, 11) is -4.03. The summed E-state index contributed by atoms with van der Waals surface area (Å²) in [6.07, 6.45) is 0. The molecule has 0 radical (unpaired) electrons. The quantitative estimate of drug-likeness (QED) is 0.289. The summed E-state index contributed by atoms with van der Waals surface area (Å²) in [5, 5.41) is 0. The lowest BCUT2D eigenvalue weighted by Crippen LogP contribution is -2.06. The normalized spacial score (nSPS) is 11.1. The van der Waals surface area contributed by atoms with Gasteiger partial charge in [-0.2, -0.15) is 0 Å². The topological polar surface area (TPSA) is 54.0 Å². The smallest absolute Gasteiger partial charge is 0.394 e. The molecule has 3 rings (SSSR count). The third-order valence-corrected chi connectivity index (χ3v) is 4.57. The first-order chi connectivity index (χ1) is 12.6. The Labute approximate surface area is 152 Å². The SMILES string of the molecule is Cc1ccc(COOP(=O)(Oc2ccccc2)Oc2ccccc2)cc1. The van der Waals surface area contributed by atoms with Crippen molar-refractivity contribution >= 4 is 7.82 Å². The second-order valence-electron chi connectivity index (χ2n) is 5.58. The minimum absolute atomic E-state index is 0.112. The van der Waals surface area contributed by atoms with Crippen LogP contribution in [0.5, 0.6) is 11.5 Å². The molecule has 0 N–H and O–H groups in total. The van der Waals surface area contributed by atoms with Crippen molar-refractivity contribution < 1.29 is 23.2 Å². The van der Waals surface area contributed by atoms with Crippen molar-refractivity contribution in [1.29, 1.82) is 0 Å². The summed E-state index contributed by atoms with van der Waals surface area (Å²) in [5.74, 6) is 0.705. The van der Waals surface area contributed by atoms with Gasteiger partial charge in [-0.1, -0.05) is 66.2 Å². The van der Waals surface area contributed by atoms with Gasteiger partial charge in [-0.05, 0) is 36.8 Å². The molecule has 0 aliphatic rings. The van der Waals surface area contributed by atoms with Crippen molar-refractivity contribution in [2.75, 3.05) is 0 Å². The molecule has 134 valence electrons. The van der Waals surface area contributed by atoms with E-state index in [1.165, 1.54) is 0 Å². The van der Waals surface area contributed by atoms with Crippen molar-refractivity contribution in [3.63, 3.8) is 0 Å². The zero-order valence-corrected chi connectivity index (χ0v) is 15.2. The molecule has 0 bridgehead atoms. The maximum atomic E-state index is 13.0. The zero-order chi connectivity index (χ0) is 18.2. The van der Waals surface area contributed by atoms with Gasteiger partial charge in [0.2, 0.25) is 0 Å². The average molecular weight is 370 g/mol. The van der Waals surface area contributed by atoms with E-state index in [9.17, 15) is 4.57 Å². The molecular weight excluding hydrogens is 351 g/mol. The summed E-state index contributed by atoms with van der Waals surface area (Å²) in [5.41, 5.74) is 2.02. The number of benzene rings is 3. The highest BCUT2D eigenvalue weighted by Crippen LogP contribution is 2.49. The van der Waals surface area contributed by atoms with E-state index in [-0.39, 0.29) is 6.61 Å². The number of phosphoric acid groups is 1. The maximum absolute atomic E-state index is 13.0. The Balaban J connectivity index is 1.69. The van der Waals surface area contributed by atoms with Crippen LogP contribution < -0.4 is 9.05 Å². The van der Waals surface area contributed by atoms with Gasteiger partial charge in [0.25, 0.3) is 0 Å². The molecule has 0 atom stereocenters. The van der Waals surface area contributed by atoms with Gasteiger partial charge >= 0.3 is 7.82 Å². The van der Waals surface area contributed by atoms with Gasteiger partial charge in [0, 0.05) is 0 Å². The third-order valence-electron chi connectivity index (χ3n) is 3.41. The molecule has 0 saturated heterocycles. The fourth-order valence-corrected chi connectivity index (χ4v) is 3.15. The van der Waals surface area contributed by atoms with E-state index in [2.05, 4.69) is 0 Å². The second kappa shape index (κ2) is 8.68. The predicted octanol–water partition coefficient (Wildman–Crippen LogP) is 5.71. The number of hydrogen-bond donors (Lipinski definition) is 0. The Morgan fingerprint density at radius 3 is 1.73 bits per heavy atom. The van der Waals surface area contributed by atoms with E-state index < -0.39 is 7.82 Å². The van der Waals surface area contributed by atoms with Crippen LogP contribution in [0.1, 0.15) is 11.1 Å². The van der Waals surface area contributed by atoms with Crippen molar-refractivity contribution in [2.24, 2.45) is 0 Å². The number of rotatable bonds is 8. The first-order valence-electron chi connectivity index (χ1n) is 8.09. The van der Waals surface area contributed by atoms with Crippen molar-refractivity contribution in [2.45, 2.75) is 13.5 Å². The van der Waals surface area contributed by atoms with Crippen LogP contribution in [-0.2, 0) is 20.7 Å². The number of hydrogen-bond acceptors (Lipinski definition) is 5. The fraction of sp³-hybridized carbons (Fsp3) is 0.100. The first kappa shape index (κ1) is 18.2. The van der Waals surface area contributed by atoms with Crippen LogP contribution >= 0.6 is 7.82 Å².